The minimum atomic E-state index is -4.38. The van der Waals surface area contributed by atoms with Gasteiger partial charge in [0.05, 0.1) is 31.0 Å². The van der Waals surface area contributed by atoms with Crippen LogP contribution in [0.5, 0.6) is 0 Å². The molecule has 0 aliphatic heterocycles. The molecule has 0 saturated heterocycles. The molecule has 0 aromatic carbocycles. The van der Waals surface area contributed by atoms with Crippen molar-refractivity contribution < 1.29 is 67.0 Å². The molecule has 0 bridgehead atoms. The number of Topliss-reactive ketones (excluding diaryl/α,β-unsaturated/α-hetero) is 1. The molecule has 15 heteroatoms. The first-order valence-corrected chi connectivity index (χ1v) is 51.1. The van der Waals surface area contributed by atoms with Crippen LogP contribution in [0.15, 0.2) is 69.9 Å². The van der Waals surface area contributed by atoms with Gasteiger partial charge in [-0.3, -0.25) is 9.59 Å². The number of ketones is 1. The van der Waals surface area contributed by atoms with Crippen LogP contribution in [0.1, 0.15) is 368 Å². The smallest absolute Gasteiger partial charge is 0.405 e. The Morgan fingerprint density at radius 2 is 0.831 bits per heavy atom. The monoisotopic (exact) mass is 1730 g/mol. The number of rotatable bonds is 21. The first kappa shape index (κ1) is 97.6. The normalized spacial score (nSPS) is 44.1. The van der Waals surface area contributed by atoms with Crippen molar-refractivity contribution in [1.82, 2.24) is 5.32 Å². The summed E-state index contributed by atoms with van der Waals surface area (Å²) in [6.45, 7) is 35.8. The Labute approximate surface area is 747 Å². The van der Waals surface area contributed by atoms with E-state index in [1.807, 2.05) is 32.2 Å². The number of hydrogen-bond acceptors (Lipinski definition) is 9. The van der Waals surface area contributed by atoms with Crippen LogP contribution in [0.25, 0.3) is 0 Å². The predicted octanol–water partition coefficient (Wildman–Crippen LogP) is 25.8. The van der Waals surface area contributed by atoms with Gasteiger partial charge >= 0.3 is 18.1 Å². The molecule has 124 heavy (non-hydrogen) atoms. The number of carbonyl (C=O) groups is 4. The first-order valence-electron chi connectivity index (χ1n) is 51.1. The number of carboxylic acids is 1. The van der Waals surface area contributed by atoms with Crippen LogP contribution >= 0.6 is 0 Å². The largest absolute Gasteiger partial charge is 0.478 e. The average molecular weight is 1730 g/mol. The van der Waals surface area contributed by atoms with Crippen molar-refractivity contribution in [3.63, 3.8) is 0 Å². The van der Waals surface area contributed by atoms with E-state index in [0.717, 1.165) is 197 Å². The van der Waals surface area contributed by atoms with Gasteiger partial charge in [0.1, 0.15) is 19.0 Å². The van der Waals surface area contributed by atoms with Gasteiger partial charge in [-0.1, -0.05) is 136 Å². The highest BCUT2D eigenvalue weighted by atomic mass is 19.4. The van der Waals surface area contributed by atoms with Gasteiger partial charge in [-0.05, 0) is 438 Å². The van der Waals surface area contributed by atoms with E-state index < -0.39 is 30.7 Å². The number of aliphatic hydroxyl groups excluding tert-OH is 4. The summed E-state index contributed by atoms with van der Waals surface area (Å²) in [6, 6.07) is 0. The number of carboxylic acid groups (broad SMARTS) is 1. The summed E-state index contributed by atoms with van der Waals surface area (Å²) in [4.78, 5) is 47.0. The van der Waals surface area contributed by atoms with Crippen molar-refractivity contribution in [2.45, 2.75) is 398 Å². The molecule has 16 rings (SSSR count). The number of nitrogens with one attached hydrogen (secondary N) is 1. The third kappa shape index (κ3) is 19.4. The zero-order valence-corrected chi connectivity index (χ0v) is 80.1. The number of alkyl halides is 4. The Morgan fingerprint density at radius 1 is 0.468 bits per heavy atom. The number of esters is 1. The SMILES string of the molecule is C/C(=C\CCC(C)C1CCC2C3CC=C4CC(O)CCC4(C)C3CCC12C)C(=O)O.C/C(=C\CCC(C)C1CCC2C3CC=C4CC(O)CCC4(C)C3CCC12C)CF.CC(CCC(=O)NCC(F)(F)F)C1CCC2C3C[C@H](O)[C@@H]4CC(=O)CCC4(C)C3CCC12C.CCOC(=O)/C(C)=C/CCC(C)C1CCC2C3CC=C4CC(O)CCC4(C)C3CCC12C. The number of ether oxygens (including phenoxy) is 1. The number of fused-ring (bicyclic) bond motifs is 20. The van der Waals surface area contributed by atoms with E-state index in [2.05, 4.69) is 113 Å². The molecule has 0 radical (unpaired) electrons. The van der Waals surface area contributed by atoms with Crippen molar-refractivity contribution >= 4 is 23.6 Å². The van der Waals surface area contributed by atoms with Crippen molar-refractivity contribution in [2.24, 2.45) is 168 Å². The Balaban J connectivity index is 0.000000142. The Kier molecular flexibility index (Phi) is 30.8. The van der Waals surface area contributed by atoms with E-state index in [-0.39, 0.29) is 60.0 Å². The zero-order chi connectivity index (χ0) is 89.8. The van der Waals surface area contributed by atoms with Gasteiger partial charge in [0, 0.05) is 30.4 Å². The van der Waals surface area contributed by atoms with Gasteiger partial charge in [-0.15, -0.1) is 0 Å². The fourth-order valence-corrected chi connectivity index (χ4v) is 34.6. The molecule has 6 N–H and O–H groups in total. The molecular weight excluding hydrogens is 1560 g/mol. The maximum atomic E-state index is 12.7. The topological polar surface area (TPSA) is 191 Å². The number of aliphatic carboxylic acids is 1. The summed E-state index contributed by atoms with van der Waals surface area (Å²) in [5, 5.41) is 52.8. The van der Waals surface area contributed by atoms with Crippen molar-refractivity contribution in [1.29, 1.82) is 0 Å². The summed E-state index contributed by atoms with van der Waals surface area (Å²) in [5.41, 5.74) is 9.46. The van der Waals surface area contributed by atoms with Gasteiger partial charge < -0.3 is 35.6 Å². The van der Waals surface area contributed by atoms with Crippen molar-refractivity contribution in [3.05, 3.63) is 69.9 Å². The predicted molar refractivity (Wildman–Crippen MR) is 489 cm³/mol. The van der Waals surface area contributed by atoms with Crippen molar-refractivity contribution in [3.8, 4) is 0 Å². The number of amides is 1. The lowest BCUT2D eigenvalue weighted by molar-refractivity contribution is -0.166. The molecule has 13 fully saturated rings. The number of hydrogen-bond donors (Lipinski definition) is 6. The molecule has 16 aliphatic rings. The highest BCUT2D eigenvalue weighted by molar-refractivity contribution is 5.87. The van der Waals surface area contributed by atoms with E-state index in [9.17, 15) is 57.2 Å². The molecule has 700 valence electrons. The van der Waals surface area contributed by atoms with Crippen LogP contribution in [0.4, 0.5) is 17.6 Å². The van der Waals surface area contributed by atoms with Gasteiger partial charge in [-0.2, -0.15) is 13.2 Å². The molecule has 31 unspecified atom stereocenters. The highest BCUT2D eigenvalue weighted by Gasteiger charge is 2.66. The fraction of sp³-hybridized carbons (Fsp3) is 0.853. The molecular formula is C109H171F4NO10. The second-order valence-corrected chi connectivity index (χ2v) is 47.5. The van der Waals surface area contributed by atoms with Crippen LogP contribution in [0.2, 0.25) is 0 Å². The third-order valence-electron chi connectivity index (χ3n) is 41.5. The minimum absolute atomic E-state index is 0.0395. The van der Waals surface area contributed by atoms with Crippen LogP contribution in [0, 0.1) is 168 Å². The molecule has 0 spiro atoms. The van der Waals surface area contributed by atoms with Crippen molar-refractivity contribution in [2.75, 3.05) is 19.8 Å². The van der Waals surface area contributed by atoms with Gasteiger partial charge in [0.2, 0.25) is 5.91 Å². The molecule has 1 amide bonds. The summed E-state index contributed by atoms with van der Waals surface area (Å²) < 4.78 is 54.9. The van der Waals surface area contributed by atoms with Crippen LogP contribution in [0.3, 0.4) is 0 Å². The van der Waals surface area contributed by atoms with Gasteiger partial charge in [0.15, 0.2) is 0 Å². The summed E-state index contributed by atoms with van der Waals surface area (Å²) >= 11 is 0. The summed E-state index contributed by atoms with van der Waals surface area (Å²) in [7, 11) is 0. The molecule has 13 saturated carbocycles. The lowest BCUT2D eigenvalue weighted by Gasteiger charge is -2.61. The van der Waals surface area contributed by atoms with Gasteiger partial charge in [-0.25, -0.2) is 14.0 Å². The highest BCUT2D eigenvalue weighted by Crippen LogP contribution is 2.73. The van der Waals surface area contributed by atoms with E-state index in [1.54, 1.807) is 23.6 Å². The first-order chi connectivity index (χ1) is 58.5. The molecule has 0 aromatic heterocycles. The number of carbonyl (C=O) groups excluding carboxylic acids is 3. The maximum absolute atomic E-state index is 12.7. The lowest BCUT2D eigenvalue weighted by Crippen LogP contribution is -2.58. The lowest BCUT2D eigenvalue weighted by atomic mass is 9.44. The van der Waals surface area contributed by atoms with E-state index in [1.165, 1.54) is 122 Å². The summed E-state index contributed by atoms with van der Waals surface area (Å²) in [5.74, 6) is 13.2. The standard InChI is InChI=1S/C29H46O3.C27H43FO.C27H42O3.C26H40F3NO3/c1-6-32-27(31)20(3)9-7-8-19(2)24-12-13-25-23-11-10-21-18-22(30)14-16-28(21,4)26(23)15-17-29(24,25)5;1-18(17-28)6-5-7-19(2)23-10-11-24-22-9-8-20-16-21(29)12-14-26(20,3)25(22)13-15-27(23,24)4;1-17(6-5-7-18(2)25(29)30)22-10-11-23-21-9-8-19-16-20(28)12-14-26(19,3)24(21)13-15-27(22,23)4;1-15(4-7-23(33)30-14-26(27,28)29)18-5-6-19-17-13-22(32)21-12-16(31)8-10-25(21,3)20(17)9-11-24(18,19)2/h9-10,19,22-26,30H,6-8,11-18H2,1-5H3;6,8,19,21-25,29H,5,7,9-17H2,1-4H3;7-8,17,20-24,28H,5-6,9-16H2,1-4H3,(H,29,30);15,17-22,32H,4-14H2,1-3H3,(H,30,33)/b20-9+;18-6+;18-7+;/t;;;15?,17?,18?,19?,20?,21-,22-,24?,25?/m...0/s1. The summed E-state index contributed by atoms with van der Waals surface area (Å²) in [6.07, 6.45) is 52.5. The third-order valence-corrected chi connectivity index (χ3v) is 41.5. The molecule has 16 aliphatic carbocycles. The Morgan fingerprint density at radius 3 is 1.21 bits per heavy atom. The van der Waals surface area contributed by atoms with E-state index in [4.69, 9.17) is 9.84 Å². The molecule has 0 heterocycles. The zero-order valence-electron chi connectivity index (χ0n) is 80.1. The van der Waals surface area contributed by atoms with Crippen LogP contribution in [-0.2, 0) is 23.9 Å². The maximum Gasteiger partial charge on any atom is 0.405 e. The average Bonchev–Trinajstić information content (AvgIpc) is 1.41. The fourth-order valence-electron chi connectivity index (χ4n) is 34.6. The van der Waals surface area contributed by atoms with E-state index >= 15 is 0 Å². The Bertz CT molecular complexity index is 3930. The quantitative estimate of drug-likeness (QED) is 0.0279. The molecule has 33 atom stereocenters. The van der Waals surface area contributed by atoms with Gasteiger partial charge in [0.25, 0.3) is 0 Å². The second-order valence-electron chi connectivity index (χ2n) is 47.5. The molecule has 0 aromatic rings. The van der Waals surface area contributed by atoms with E-state index in [0.29, 0.717) is 105 Å². The van der Waals surface area contributed by atoms with Crippen LogP contribution < -0.4 is 5.32 Å². The Hall–Kier alpha value is -3.92. The number of aliphatic hydroxyl groups is 4. The second kappa shape index (κ2) is 39.1. The van der Waals surface area contributed by atoms with Crippen LogP contribution in [-0.4, -0.2) is 99.6 Å². The molecule has 11 nitrogen and oxygen atoms in total. The number of allylic oxidation sites excluding steroid dienone is 7. The minimum Gasteiger partial charge on any atom is -0.478 e. The number of halogens is 4.